The van der Waals surface area contributed by atoms with Crippen molar-refractivity contribution in [2.75, 3.05) is 13.1 Å². The molecule has 0 aliphatic rings. The molecule has 1 unspecified atom stereocenters. The van der Waals surface area contributed by atoms with Gasteiger partial charge in [-0.05, 0) is 48.7 Å². The third-order valence-electron chi connectivity index (χ3n) is 4.85. The molecule has 3 rings (SSSR count). The Balaban J connectivity index is 0.00000385. The summed E-state index contributed by atoms with van der Waals surface area (Å²) in [6.45, 7) is 4.08. The average molecular weight is 562 g/mol. The summed E-state index contributed by atoms with van der Waals surface area (Å²) in [6, 6.07) is 20.6. The highest BCUT2D eigenvalue weighted by Gasteiger charge is 2.09. The Morgan fingerprint density at radius 1 is 1.03 bits per heavy atom. The van der Waals surface area contributed by atoms with Crippen LogP contribution in [0.2, 0.25) is 0 Å². The van der Waals surface area contributed by atoms with Crippen molar-refractivity contribution in [1.29, 1.82) is 0 Å². The summed E-state index contributed by atoms with van der Waals surface area (Å²) in [6.07, 6.45) is 1.63. The van der Waals surface area contributed by atoms with Crippen LogP contribution in [-0.2, 0) is 13.1 Å². The van der Waals surface area contributed by atoms with Crippen LogP contribution in [0.1, 0.15) is 46.7 Å². The predicted molar refractivity (Wildman–Crippen MR) is 141 cm³/mol. The summed E-state index contributed by atoms with van der Waals surface area (Å²) in [7, 11) is 0. The molecule has 33 heavy (non-hydrogen) atoms. The standard InChI is InChI=1S/C25H30N4O3.HI/c1-2-26-25(27-14-13-23(30)20-9-4-3-5-10-20)29-17-19-8-6-11-21(16-19)24(31)28-18-22-12-7-15-32-22;/h3-12,15-16,23,30H,2,13-14,17-18H2,1H3,(H,28,31)(H2,26,27,29);1H. The minimum atomic E-state index is -0.525. The van der Waals surface area contributed by atoms with Crippen LogP contribution >= 0.6 is 24.0 Å². The van der Waals surface area contributed by atoms with Gasteiger partial charge in [-0.15, -0.1) is 24.0 Å². The van der Waals surface area contributed by atoms with Crippen LogP contribution < -0.4 is 16.0 Å². The quantitative estimate of drug-likeness (QED) is 0.170. The van der Waals surface area contributed by atoms with Gasteiger partial charge in [0.25, 0.3) is 5.91 Å². The van der Waals surface area contributed by atoms with E-state index in [1.54, 1.807) is 18.4 Å². The largest absolute Gasteiger partial charge is 0.467 e. The van der Waals surface area contributed by atoms with Gasteiger partial charge in [0, 0.05) is 18.7 Å². The van der Waals surface area contributed by atoms with Gasteiger partial charge >= 0.3 is 0 Å². The number of carbonyl (C=O) groups excluding carboxylic acids is 1. The highest BCUT2D eigenvalue weighted by molar-refractivity contribution is 14.0. The molecule has 1 atom stereocenters. The molecule has 176 valence electrons. The van der Waals surface area contributed by atoms with Crippen molar-refractivity contribution in [3.8, 4) is 0 Å². The van der Waals surface area contributed by atoms with Crippen molar-refractivity contribution in [3.05, 3.63) is 95.4 Å². The molecule has 4 N–H and O–H groups in total. The maximum Gasteiger partial charge on any atom is 0.251 e. The van der Waals surface area contributed by atoms with E-state index in [0.29, 0.717) is 43.3 Å². The number of benzene rings is 2. The third-order valence-corrected chi connectivity index (χ3v) is 4.85. The molecular weight excluding hydrogens is 531 g/mol. The van der Waals surface area contributed by atoms with Crippen molar-refractivity contribution in [3.63, 3.8) is 0 Å². The normalized spacial score (nSPS) is 11.9. The Morgan fingerprint density at radius 2 is 1.85 bits per heavy atom. The van der Waals surface area contributed by atoms with E-state index in [-0.39, 0.29) is 29.9 Å². The first kappa shape index (κ1) is 26.4. The van der Waals surface area contributed by atoms with Crippen LogP contribution in [0.25, 0.3) is 0 Å². The Bertz CT molecular complexity index is 994. The van der Waals surface area contributed by atoms with Crippen molar-refractivity contribution in [1.82, 2.24) is 16.0 Å². The summed E-state index contributed by atoms with van der Waals surface area (Å²) in [4.78, 5) is 17.0. The first-order valence-electron chi connectivity index (χ1n) is 10.8. The van der Waals surface area contributed by atoms with Crippen LogP contribution in [0.4, 0.5) is 0 Å². The number of aliphatic hydroxyl groups excluding tert-OH is 1. The van der Waals surface area contributed by atoms with Crippen molar-refractivity contribution >= 4 is 35.8 Å². The van der Waals surface area contributed by atoms with Crippen molar-refractivity contribution in [2.45, 2.75) is 32.5 Å². The van der Waals surface area contributed by atoms with E-state index >= 15 is 0 Å². The summed E-state index contributed by atoms with van der Waals surface area (Å²) < 4.78 is 5.24. The van der Waals surface area contributed by atoms with Gasteiger partial charge in [0.2, 0.25) is 0 Å². The number of aliphatic hydroxyl groups is 1. The van der Waals surface area contributed by atoms with Crippen LogP contribution in [0.5, 0.6) is 0 Å². The molecule has 3 aromatic rings. The zero-order valence-corrected chi connectivity index (χ0v) is 21.0. The smallest absolute Gasteiger partial charge is 0.251 e. The number of halogens is 1. The van der Waals surface area contributed by atoms with E-state index in [2.05, 4.69) is 20.9 Å². The van der Waals surface area contributed by atoms with Gasteiger partial charge in [-0.2, -0.15) is 0 Å². The van der Waals surface area contributed by atoms with Crippen LogP contribution in [0, 0.1) is 0 Å². The highest BCUT2D eigenvalue weighted by Crippen LogP contribution is 2.15. The number of amides is 1. The van der Waals surface area contributed by atoms with Gasteiger partial charge in [0.15, 0.2) is 5.96 Å². The molecule has 0 aliphatic carbocycles. The Hall–Kier alpha value is -2.85. The lowest BCUT2D eigenvalue weighted by Crippen LogP contribution is -2.38. The lowest BCUT2D eigenvalue weighted by molar-refractivity contribution is 0.0948. The molecule has 7 nitrogen and oxygen atoms in total. The zero-order chi connectivity index (χ0) is 22.6. The Kier molecular flexibility index (Phi) is 11.5. The SMILES string of the molecule is CCNC(=NCc1cccc(C(=O)NCc2ccco2)c1)NCCC(O)c1ccccc1.I. The first-order chi connectivity index (χ1) is 15.7. The van der Waals surface area contributed by atoms with Gasteiger partial charge in [-0.1, -0.05) is 42.5 Å². The predicted octanol–water partition coefficient (Wildman–Crippen LogP) is 4.01. The summed E-state index contributed by atoms with van der Waals surface area (Å²) in [5.41, 5.74) is 2.41. The van der Waals surface area contributed by atoms with E-state index in [1.807, 2.05) is 61.5 Å². The zero-order valence-electron chi connectivity index (χ0n) is 18.7. The molecule has 1 aromatic heterocycles. The van der Waals surface area contributed by atoms with Gasteiger partial charge < -0.3 is 25.5 Å². The van der Waals surface area contributed by atoms with Crippen LogP contribution in [0.3, 0.4) is 0 Å². The second-order valence-corrected chi connectivity index (χ2v) is 7.30. The number of hydrogen-bond donors (Lipinski definition) is 4. The van der Waals surface area contributed by atoms with Gasteiger partial charge in [-0.25, -0.2) is 4.99 Å². The summed E-state index contributed by atoms with van der Waals surface area (Å²) >= 11 is 0. The number of nitrogens with one attached hydrogen (secondary N) is 3. The van der Waals surface area contributed by atoms with Gasteiger partial charge in [-0.3, -0.25) is 4.79 Å². The number of aliphatic imine (C=N–C) groups is 1. The van der Waals surface area contributed by atoms with E-state index < -0.39 is 6.10 Å². The first-order valence-corrected chi connectivity index (χ1v) is 10.8. The lowest BCUT2D eigenvalue weighted by Gasteiger charge is -2.14. The number of guanidine groups is 1. The van der Waals surface area contributed by atoms with E-state index in [1.165, 1.54) is 0 Å². The second kappa shape index (κ2) is 14.3. The van der Waals surface area contributed by atoms with Crippen LogP contribution in [-0.4, -0.2) is 30.1 Å². The minimum Gasteiger partial charge on any atom is -0.467 e. The lowest BCUT2D eigenvalue weighted by atomic mass is 10.1. The maximum atomic E-state index is 12.4. The molecule has 0 saturated carbocycles. The average Bonchev–Trinajstić information content (AvgIpc) is 3.35. The Morgan fingerprint density at radius 3 is 2.58 bits per heavy atom. The molecule has 0 bridgehead atoms. The van der Waals surface area contributed by atoms with Crippen molar-refractivity contribution in [2.24, 2.45) is 4.99 Å². The molecule has 0 saturated heterocycles. The molecule has 8 heteroatoms. The van der Waals surface area contributed by atoms with E-state index in [9.17, 15) is 9.90 Å². The maximum absolute atomic E-state index is 12.4. The van der Waals surface area contributed by atoms with E-state index in [0.717, 1.165) is 17.7 Å². The number of rotatable bonds is 10. The fourth-order valence-electron chi connectivity index (χ4n) is 3.17. The number of nitrogens with zero attached hydrogens (tertiary/aromatic N) is 1. The fourth-order valence-corrected chi connectivity index (χ4v) is 3.17. The van der Waals surface area contributed by atoms with Crippen LogP contribution in [0.15, 0.2) is 82.4 Å². The second-order valence-electron chi connectivity index (χ2n) is 7.30. The van der Waals surface area contributed by atoms with Crippen molar-refractivity contribution < 1.29 is 14.3 Å². The molecule has 0 spiro atoms. The van der Waals surface area contributed by atoms with Gasteiger partial charge in [0.1, 0.15) is 5.76 Å². The highest BCUT2D eigenvalue weighted by atomic mass is 127. The summed E-state index contributed by atoms with van der Waals surface area (Å²) in [5.74, 6) is 1.21. The number of hydrogen-bond acceptors (Lipinski definition) is 4. The van der Waals surface area contributed by atoms with E-state index in [4.69, 9.17) is 4.42 Å². The molecule has 0 radical (unpaired) electrons. The molecule has 0 aliphatic heterocycles. The fraction of sp³-hybridized carbons (Fsp3) is 0.280. The Labute approximate surface area is 211 Å². The summed E-state index contributed by atoms with van der Waals surface area (Å²) in [5, 5.41) is 19.6. The number of carbonyl (C=O) groups is 1. The molecule has 0 fully saturated rings. The molecule has 2 aromatic carbocycles. The molecule has 1 heterocycles. The minimum absolute atomic E-state index is 0. The monoisotopic (exact) mass is 562 g/mol. The molecular formula is C25H31IN4O3. The third kappa shape index (κ3) is 8.89. The van der Waals surface area contributed by atoms with Gasteiger partial charge in [0.05, 0.1) is 25.5 Å². The topological polar surface area (TPSA) is 98.9 Å². The molecule has 1 amide bonds. The number of furan rings is 1.